The molecule has 2 atom stereocenters. The van der Waals surface area contributed by atoms with Gasteiger partial charge in [-0.05, 0) is 38.0 Å². The third-order valence-corrected chi connectivity index (χ3v) is 5.53. The zero-order valence-electron chi connectivity index (χ0n) is 15.1. The summed E-state index contributed by atoms with van der Waals surface area (Å²) in [6, 6.07) is 5.79. The highest BCUT2D eigenvalue weighted by Crippen LogP contribution is 2.23. The lowest BCUT2D eigenvalue weighted by molar-refractivity contribution is -0.139. The molecule has 0 bridgehead atoms. The van der Waals surface area contributed by atoms with Crippen LogP contribution in [0, 0.1) is 5.92 Å². The number of carbonyl (C=O) groups is 2. The molecule has 2 N–H and O–H groups in total. The molecule has 2 amide bonds. The van der Waals surface area contributed by atoms with Crippen LogP contribution in [0.25, 0.3) is 10.9 Å². The Hall–Kier alpha value is -2.41. The van der Waals surface area contributed by atoms with Crippen LogP contribution >= 0.6 is 0 Å². The molecule has 7 heteroatoms. The summed E-state index contributed by atoms with van der Waals surface area (Å²) >= 11 is 0. The Morgan fingerprint density at radius 3 is 3.00 bits per heavy atom. The van der Waals surface area contributed by atoms with Crippen molar-refractivity contribution in [2.45, 2.75) is 25.8 Å². The largest absolute Gasteiger partial charge is 0.338 e. The number of likely N-dealkylation sites (tertiary alicyclic amines) is 1. The Morgan fingerprint density at radius 1 is 1.27 bits per heavy atom. The Bertz CT molecular complexity index is 817. The number of hydrogen-bond donors (Lipinski definition) is 2. The van der Waals surface area contributed by atoms with E-state index in [-0.39, 0.29) is 23.8 Å². The number of carbonyl (C=O) groups excluding carboxylic acids is 2. The molecule has 0 spiro atoms. The van der Waals surface area contributed by atoms with E-state index in [1.807, 2.05) is 28.0 Å². The highest BCUT2D eigenvalue weighted by atomic mass is 16.2. The second kappa shape index (κ2) is 7.07. The van der Waals surface area contributed by atoms with Crippen LogP contribution in [0.4, 0.5) is 0 Å². The molecular formula is C19H25N5O2. The van der Waals surface area contributed by atoms with Gasteiger partial charge in [0.2, 0.25) is 5.91 Å². The van der Waals surface area contributed by atoms with Crippen molar-refractivity contribution in [1.29, 1.82) is 0 Å². The van der Waals surface area contributed by atoms with Gasteiger partial charge < -0.3 is 15.1 Å². The second-order valence-electron chi connectivity index (χ2n) is 7.35. The minimum atomic E-state index is -0.0918. The maximum atomic E-state index is 13.0. The molecule has 1 aromatic carbocycles. The van der Waals surface area contributed by atoms with E-state index in [9.17, 15) is 9.59 Å². The van der Waals surface area contributed by atoms with Crippen molar-refractivity contribution in [2.24, 2.45) is 5.92 Å². The fraction of sp³-hybridized carbons (Fsp3) is 0.526. The number of aromatic nitrogens is 2. The quantitative estimate of drug-likeness (QED) is 0.849. The Balaban J connectivity index is 1.47. The molecule has 3 heterocycles. The van der Waals surface area contributed by atoms with Gasteiger partial charge in [-0.15, -0.1) is 0 Å². The smallest absolute Gasteiger partial charge is 0.253 e. The number of benzene rings is 1. The number of H-pyrrole nitrogens is 1. The lowest BCUT2D eigenvalue weighted by atomic mass is 9.95. The summed E-state index contributed by atoms with van der Waals surface area (Å²) in [4.78, 5) is 29.7. The number of nitrogens with one attached hydrogen (secondary N) is 2. The van der Waals surface area contributed by atoms with Crippen LogP contribution in [0.3, 0.4) is 0 Å². The number of piperazine rings is 1. The van der Waals surface area contributed by atoms with E-state index < -0.39 is 0 Å². The van der Waals surface area contributed by atoms with Crippen molar-refractivity contribution >= 4 is 22.7 Å². The summed E-state index contributed by atoms with van der Waals surface area (Å²) < 4.78 is 0. The topological polar surface area (TPSA) is 81.3 Å². The first-order chi connectivity index (χ1) is 12.6. The number of piperidine rings is 1. The monoisotopic (exact) mass is 355 g/mol. The molecule has 2 aliphatic heterocycles. The Morgan fingerprint density at radius 2 is 2.15 bits per heavy atom. The van der Waals surface area contributed by atoms with Gasteiger partial charge in [-0.2, -0.15) is 5.10 Å². The molecule has 7 nitrogen and oxygen atoms in total. The first-order valence-electron chi connectivity index (χ1n) is 9.37. The third-order valence-electron chi connectivity index (χ3n) is 5.53. The maximum Gasteiger partial charge on any atom is 0.253 e. The molecular weight excluding hydrogens is 330 g/mol. The van der Waals surface area contributed by atoms with Crippen LogP contribution in [0.15, 0.2) is 24.4 Å². The number of hydrogen-bond acceptors (Lipinski definition) is 4. The number of rotatable bonds is 2. The molecule has 2 saturated heterocycles. The molecule has 0 saturated carbocycles. The molecule has 1 aromatic heterocycles. The molecule has 138 valence electrons. The predicted octanol–water partition coefficient (Wildman–Crippen LogP) is 1.24. The summed E-state index contributed by atoms with van der Waals surface area (Å²) in [5, 5.41) is 11.1. The number of amides is 2. The van der Waals surface area contributed by atoms with E-state index >= 15 is 0 Å². The summed E-state index contributed by atoms with van der Waals surface area (Å²) in [6.45, 7) is 5.74. The van der Waals surface area contributed by atoms with Crippen molar-refractivity contribution in [3.05, 3.63) is 30.0 Å². The Labute approximate surface area is 152 Å². The third kappa shape index (κ3) is 3.19. The second-order valence-corrected chi connectivity index (χ2v) is 7.35. The summed E-state index contributed by atoms with van der Waals surface area (Å²) in [5.41, 5.74) is 1.57. The van der Waals surface area contributed by atoms with Crippen molar-refractivity contribution in [3.63, 3.8) is 0 Å². The number of nitrogens with zero attached hydrogens (tertiary/aromatic N) is 3. The van der Waals surface area contributed by atoms with Crippen LogP contribution in [-0.4, -0.2) is 70.6 Å². The molecule has 2 aromatic rings. The van der Waals surface area contributed by atoms with Gasteiger partial charge in [-0.1, -0.05) is 0 Å². The first-order valence-corrected chi connectivity index (χ1v) is 9.37. The van der Waals surface area contributed by atoms with E-state index in [2.05, 4.69) is 22.4 Å². The molecule has 0 aliphatic carbocycles. The normalized spacial score (nSPS) is 24.0. The van der Waals surface area contributed by atoms with Gasteiger partial charge in [0, 0.05) is 49.7 Å². The lowest BCUT2D eigenvalue weighted by Crippen LogP contribution is -2.55. The van der Waals surface area contributed by atoms with Crippen LogP contribution in [0.5, 0.6) is 0 Å². The summed E-state index contributed by atoms with van der Waals surface area (Å²) in [6.07, 6.45) is 3.46. The fourth-order valence-electron chi connectivity index (χ4n) is 4.02. The van der Waals surface area contributed by atoms with Crippen molar-refractivity contribution in [2.75, 3.05) is 32.7 Å². The van der Waals surface area contributed by atoms with E-state index in [0.29, 0.717) is 18.7 Å². The maximum absolute atomic E-state index is 13.0. The number of fused-ring (bicyclic) bond motifs is 1. The van der Waals surface area contributed by atoms with Gasteiger partial charge in [0.25, 0.3) is 5.91 Å². The first kappa shape index (κ1) is 17.0. The van der Waals surface area contributed by atoms with Gasteiger partial charge in [0.1, 0.15) is 0 Å². The van der Waals surface area contributed by atoms with Crippen molar-refractivity contribution in [1.82, 2.24) is 25.3 Å². The van der Waals surface area contributed by atoms with Gasteiger partial charge in [0.05, 0.1) is 17.6 Å². The van der Waals surface area contributed by atoms with Crippen LogP contribution < -0.4 is 5.32 Å². The van der Waals surface area contributed by atoms with E-state index in [4.69, 9.17) is 0 Å². The van der Waals surface area contributed by atoms with Gasteiger partial charge in [-0.3, -0.25) is 14.7 Å². The van der Waals surface area contributed by atoms with Crippen molar-refractivity contribution in [3.8, 4) is 0 Å². The minimum Gasteiger partial charge on any atom is -0.338 e. The lowest BCUT2D eigenvalue weighted by Gasteiger charge is -2.39. The highest BCUT2D eigenvalue weighted by molar-refractivity contribution is 5.98. The molecule has 26 heavy (non-hydrogen) atoms. The molecule has 0 radical (unpaired) electrons. The highest BCUT2D eigenvalue weighted by Gasteiger charge is 2.34. The zero-order valence-corrected chi connectivity index (χ0v) is 15.1. The predicted molar refractivity (Wildman–Crippen MR) is 98.8 cm³/mol. The van der Waals surface area contributed by atoms with Crippen LogP contribution in [0.2, 0.25) is 0 Å². The average molecular weight is 355 g/mol. The van der Waals surface area contributed by atoms with E-state index in [1.54, 1.807) is 6.20 Å². The molecule has 4 rings (SSSR count). The van der Waals surface area contributed by atoms with Crippen molar-refractivity contribution < 1.29 is 9.59 Å². The van der Waals surface area contributed by atoms with Crippen LogP contribution in [0.1, 0.15) is 30.1 Å². The molecule has 2 aliphatic rings. The van der Waals surface area contributed by atoms with Gasteiger partial charge >= 0.3 is 0 Å². The fourth-order valence-corrected chi connectivity index (χ4v) is 4.02. The zero-order chi connectivity index (χ0) is 18.1. The van der Waals surface area contributed by atoms with Crippen LogP contribution in [-0.2, 0) is 4.79 Å². The molecule has 1 unspecified atom stereocenters. The Kier molecular flexibility index (Phi) is 4.63. The minimum absolute atomic E-state index is 0.000964. The van der Waals surface area contributed by atoms with E-state index in [0.717, 1.165) is 43.4 Å². The molecule has 2 fully saturated rings. The standard InChI is InChI=1S/C19H25N5O2/c1-13-10-20-6-8-24(13)19(26)15-3-2-7-23(12-15)18(25)14-4-5-17-16(9-14)11-21-22-17/h4-5,9,11,13,15,20H,2-3,6-8,10,12H2,1H3,(H,21,22)/t13-,15?/m0/s1. The SMILES string of the molecule is C[C@H]1CNCCN1C(=O)C1CCCN(C(=O)c2ccc3[nH]ncc3c2)C1. The van der Waals surface area contributed by atoms with Gasteiger partial charge in [0.15, 0.2) is 0 Å². The average Bonchev–Trinajstić information content (AvgIpc) is 3.15. The van der Waals surface area contributed by atoms with E-state index in [1.165, 1.54) is 0 Å². The van der Waals surface area contributed by atoms with Gasteiger partial charge in [-0.25, -0.2) is 0 Å². The summed E-state index contributed by atoms with van der Waals surface area (Å²) in [7, 11) is 0. The summed E-state index contributed by atoms with van der Waals surface area (Å²) in [5.74, 6) is 0.103. The number of aromatic amines is 1.